The van der Waals surface area contributed by atoms with Crippen LogP contribution in [0.15, 0.2) is 35.4 Å². The maximum Gasteiger partial charge on any atom is 0.255 e. The van der Waals surface area contributed by atoms with Crippen LogP contribution >= 0.6 is 23.2 Å². The Morgan fingerprint density at radius 2 is 1.69 bits per heavy atom. The van der Waals surface area contributed by atoms with Crippen molar-refractivity contribution >= 4 is 52.1 Å². The number of carbonyl (C=O) groups excluding carboxylic acids is 3. The molecule has 0 spiro atoms. The summed E-state index contributed by atoms with van der Waals surface area (Å²) in [4.78, 5) is 35.3. The van der Waals surface area contributed by atoms with E-state index in [1.807, 2.05) is 6.07 Å². The van der Waals surface area contributed by atoms with Crippen LogP contribution in [0.3, 0.4) is 0 Å². The maximum atomic E-state index is 12.1. The summed E-state index contributed by atoms with van der Waals surface area (Å²) in [6.07, 6.45) is 0.319. The number of amides is 1. The number of Topliss-reactive ketones (excluding diaryl/α,β-unsaturated/α-hetero) is 2. The molecule has 0 saturated heterocycles. The van der Waals surface area contributed by atoms with Gasteiger partial charge in [-0.25, -0.2) is 0 Å². The topological polar surface area (TPSA) is 99.8 Å². The molecule has 9 heteroatoms. The van der Waals surface area contributed by atoms with Crippen molar-refractivity contribution in [3.05, 3.63) is 51.5 Å². The highest BCUT2D eigenvalue weighted by atomic mass is 35.5. The van der Waals surface area contributed by atoms with E-state index in [0.717, 1.165) is 16.1 Å². The molecule has 1 aliphatic heterocycles. The summed E-state index contributed by atoms with van der Waals surface area (Å²) in [5.41, 5.74) is 1.71. The number of hydrogen-bond acceptors (Lipinski definition) is 6. The van der Waals surface area contributed by atoms with Crippen molar-refractivity contribution in [2.75, 3.05) is 5.01 Å². The molecule has 2 aromatic rings. The first-order chi connectivity index (χ1) is 13.9. The highest BCUT2D eigenvalue weighted by Gasteiger charge is 2.29. The summed E-state index contributed by atoms with van der Waals surface area (Å²) < 4.78 is 5.81. The number of benzene rings is 2. The Labute approximate surface area is 175 Å². The highest BCUT2D eigenvalue weighted by Crippen LogP contribution is 2.41. The zero-order chi connectivity index (χ0) is 20.7. The lowest BCUT2D eigenvalue weighted by molar-refractivity contribution is -0.124. The number of nitriles is 1. The van der Waals surface area contributed by atoms with Crippen LogP contribution in [0.2, 0.25) is 10.0 Å². The van der Waals surface area contributed by atoms with Gasteiger partial charge in [-0.05, 0) is 35.4 Å². The number of hydrogen-bond donors (Lipinski definition) is 0. The lowest BCUT2D eigenvalue weighted by Crippen LogP contribution is -2.36. The van der Waals surface area contributed by atoms with E-state index in [0.29, 0.717) is 18.6 Å². The SMILES string of the molecule is N#CC1=NN(c2cc(Cl)c(Oc3ccc4c(c3)CC(=O)C4)c(Cl)c2)C(=O)CC1=O. The third-order valence-electron chi connectivity index (χ3n) is 4.52. The number of rotatable bonds is 3. The predicted molar refractivity (Wildman–Crippen MR) is 106 cm³/mol. The molecular formula is C20H11Cl2N3O4. The summed E-state index contributed by atoms with van der Waals surface area (Å²) in [7, 11) is 0. The molecule has 0 saturated carbocycles. The van der Waals surface area contributed by atoms with Gasteiger partial charge in [-0.2, -0.15) is 15.4 Å². The molecule has 7 nitrogen and oxygen atoms in total. The zero-order valence-corrected chi connectivity index (χ0v) is 16.3. The Kier molecular flexibility index (Phi) is 4.82. The molecule has 1 aliphatic carbocycles. The van der Waals surface area contributed by atoms with Gasteiger partial charge in [0.2, 0.25) is 11.5 Å². The van der Waals surface area contributed by atoms with Crippen LogP contribution in [0.25, 0.3) is 0 Å². The first kappa shape index (κ1) is 19.1. The Morgan fingerprint density at radius 1 is 1.00 bits per heavy atom. The minimum atomic E-state index is -0.638. The summed E-state index contributed by atoms with van der Waals surface area (Å²) in [5, 5.41) is 13.9. The molecular weight excluding hydrogens is 417 g/mol. The van der Waals surface area contributed by atoms with Crippen molar-refractivity contribution in [2.45, 2.75) is 19.3 Å². The van der Waals surface area contributed by atoms with Crippen LogP contribution in [0.5, 0.6) is 11.5 Å². The molecule has 4 rings (SSSR count). The number of halogens is 2. The van der Waals surface area contributed by atoms with Crippen molar-refractivity contribution in [3.63, 3.8) is 0 Å². The fourth-order valence-corrected chi connectivity index (χ4v) is 3.72. The van der Waals surface area contributed by atoms with Gasteiger partial charge in [0.25, 0.3) is 5.91 Å². The fourth-order valence-electron chi connectivity index (χ4n) is 3.17. The van der Waals surface area contributed by atoms with Crippen LogP contribution in [-0.2, 0) is 27.2 Å². The number of fused-ring (bicyclic) bond motifs is 1. The first-order valence-corrected chi connectivity index (χ1v) is 9.26. The molecule has 0 atom stereocenters. The van der Waals surface area contributed by atoms with Crippen molar-refractivity contribution in [2.24, 2.45) is 5.10 Å². The van der Waals surface area contributed by atoms with E-state index in [4.69, 9.17) is 33.2 Å². The van der Waals surface area contributed by atoms with E-state index in [2.05, 4.69) is 5.10 Å². The first-order valence-electron chi connectivity index (χ1n) is 8.51. The van der Waals surface area contributed by atoms with Gasteiger partial charge in [0, 0.05) is 12.8 Å². The summed E-state index contributed by atoms with van der Waals surface area (Å²) in [5.74, 6) is -0.440. The number of nitrogens with zero attached hydrogens (tertiary/aromatic N) is 3. The Hall–Kier alpha value is -3.21. The van der Waals surface area contributed by atoms with Gasteiger partial charge in [-0.15, -0.1) is 0 Å². The molecule has 144 valence electrons. The van der Waals surface area contributed by atoms with Crippen LogP contribution in [-0.4, -0.2) is 23.2 Å². The Morgan fingerprint density at radius 3 is 2.38 bits per heavy atom. The largest absolute Gasteiger partial charge is 0.454 e. The molecule has 2 aliphatic rings. The quantitative estimate of drug-likeness (QED) is 0.695. The van der Waals surface area contributed by atoms with E-state index in [-0.39, 0.29) is 33.0 Å². The van der Waals surface area contributed by atoms with E-state index in [1.54, 1.807) is 18.2 Å². The third-order valence-corrected chi connectivity index (χ3v) is 5.08. The van der Waals surface area contributed by atoms with Gasteiger partial charge >= 0.3 is 0 Å². The second-order valence-electron chi connectivity index (χ2n) is 6.53. The number of ether oxygens (including phenoxy) is 1. The number of ketones is 2. The van der Waals surface area contributed by atoms with E-state index in [9.17, 15) is 14.4 Å². The molecule has 0 radical (unpaired) electrons. The van der Waals surface area contributed by atoms with Gasteiger partial charge in [0.1, 0.15) is 17.6 Å². The highest BCUT2D eigenvalue weighted by molar-refractivity contribution is 6.50. The maximum absolute atomic E-state index is 12.1. The standard InChI is InChI=1S/C20H11Cl2N3O4/c21-15-6-12(25-19(28)8-18(27)17(9-23)24-25)7-16(22)20(15)29-14-2-1-10-3-13(26)4-11(10)5-14/h1-2,5-7H,3-4,8H2. The van der Waals surface area contributed by atoms with Crippen LogP contribution in [0.1, 0.15) is 17.5 Å². The zero-order valence-electron chi connectivity index (χ0n) is 14.7. The van der Waals surface area contributed by atoms with Gasteiger partial charge in [-0.3, -0.25) is 14.4 Å². The predicted octanol–water partition coefficient (Wildman–Crippen LogP) is 3.64. The lowest BCUT2D eigenvalue weighted by Gasteiger charge is -2.22. The molecule has 0 aromatic heterocycles. The molecule has 1 amide bonds. The lowest BCUT2D eigenvalue weighted by atomic mass is 10.1. The second kappa shape index (κ2) is 7.32. The van der Waals surface area contributed by atoms with Crippen molar-refractivity contribution in [3.8, 4) is 17.6 Å². The number of hydrazone groups is 1. The van der Waals surface area contributed by atoms with Crippen molar-refractivity contribution in [1.29, 1.82) is 5.26 Å². The minimum Gasteiger partial charge on any atom is -0.454 e. The smallest absolute Gasteiger partial charge is 0.255 e. The average Bonchev–Trinajstić information content (AvgIpc) is 3.04. The van der Waals surface area contributed by atoms with Crippen LogP contribution < -0.4 is 9.75 Å². The molecule has 0 N–H and O–H groups in total. The molecule has 1 heterocycles. The van der Waals surface area contributed by atoms with Crippen molar-refractivity contribution in [1.82, 2.24) is 0 Å². The van der Waals surface area contributed by atoms with E-state index in [1.165, 1.54) is 12.1 Å². The third kappa shape index (κ3) is 3.60. The summed E-state index contributed by atoms with van der Waals surface area (Å²) in [6.45, 7) is 0. The monoisotopic (exact) mass is 427 g/mol. The summed E-state index contributed by atoms with van der Waals surface area (Å²) in [6, 6.07) is 9.80. The Bertz CT molecular complexity index is 1140. The van der Waals surface area contributed by atoms with Crippen LogP contribution in [0.4, 0.5) is 5.69 Å². The normalized spacial score (nSPS) is 15.8. The molecule has 0 fully saturated rings. The second-order valence-corrected chi connectivity index (χ2v) is 7.34. The van der Waals surface area contributed by atoms with Crippen LogP contribution in [0, 0.1) is 11.3 Å². The minimum absolute atomic E-state index is 0.113. The fraction of sp³-hybridized carbons (Fsp3) is 0.150. The average molecular weight is 428 g/mol. The van der Waals surface area contributed by atoms with Gasteiger partial charge in [-0.1, -0.05) is 29.3 Å². The molecule has 0 unspecified atom stereocenters. The van der Waals surface area contributed by atoms with Crippen molar-refractivity contribution < 1.29 is 19.1 Å². The summed E-state index contributed by atoms with van der Waals surface area (Å²) >= 11 is 12.6. The van der Waals surface area contributed by atoms with Gasteiger partial charge in [0.05, 0.1) is 22.2 Å². The number of anilines is 1. The molecule has 29 heavy (non-hydrogen) atoms. The Balaban J connectivity index is 1.65. The van der Waals surface area contributed by atoms with Gasteiger partial charge in [0.15, 0.2) is 5.75 Å². The van der Waals surface area contributed by atoms with E-state index >= 15 is 0 Å². The van der Waals surface area contributed by atoms with E-state index < -0.39 is 18.1 Å². The number of carbonyl (C=O) groups is 3. The van der Waals surface area contributed by atoms with Gasteiger partial charge < -0.3 is 4.74 Å². The molecule has 0 bridgehead atoms. The molecule has 2 aromatic carbocycles.